The zero-order valence-corrected chi connectivity index (χ0v) is 8.35. The Balaban J connectivity index is 2.17. The highest BCUT2D eigenvalue weighted by Gasteiger charge is 2.00. The quantitative estimate of drug-likeness (QED) is 0.726. The van der Waals surface area contributed by atoms with Crippen molar-refractivity contribution in [2.45, 2.75) is 13.0 Å². The van der Waals surface area contributed by atoms with Gasteiger partial charge < -0.3 is 15.2 Å². The molecule has 15 heavy (non-hydrogen) atoms. The molecule has 1 radical (unpaired) electrons. The third kappa shape index (κ3) is 5.02. The summed E-state index contributed by atoms with van der Waals surface area (Å²) < 4.78 is 4.93. The van der Waals surface area contributed by atoms with Gasteiger partial charge in [-0.05, 0) is 12.0 Å². The smallest absolute Gasteiger partial charge is 0.407 e. The van der Waals surface area contributed by atoms with Crippen LogP contribution in [0.5, 0.6) is 0 Å². The van der Waals surface area contributed by atoms with Crippen LogP contribution in [0, 0.1) is 6.61 Å². The van der Waals surface area contributed by atoms with E-state index in [-0.39, 0.29) is 6.61 Å². The molecule has 0 aliphatic rings. The molecule has 1 amide bonds. The summed E-state index contributed by atoms with van der Waals surface area (Å²) in [6.45, 7) is 1.64. The van der Waals surface area contributed by atoms with Crippen molar-refractivity contribution >= 4 is 6.09 Å². The molecule has 0 heterocycles. The van der Waals surface area contributed by atoms with Gasteiger partial charge in [0.05, 0.1) is 6.61 Å². The number of rotatable bonds is 5. The number of carbonyl (C=O) groups excluding carboxylic acids is 1. The second-order valence-electron chi connectivity index (χ2n) is 2.96. The summed E-state index contributed by atoms with van der Waals surface area (Å²) in [6.07, 6.45) is -0.0545. The first kappa shape index (κ1) is 11.5. The molecule has 0 saturated carbocycles. The lowest BCUT2D eigenvalue weighted by atomic mass is 10.2. The second kappa shape index (κ2) is 6.84. The number of carbonyl (C=O) groups is 1. The number of amides is 1. The van der Waals surface area contributed by atoms with Gasteiger partial charge in [0.25, 0.3) is 0 Å². The topological polar surface area (TPSA) is 58.6 Å². The molecule has 1 aromatic rings. The summed E-state index contributed by atoms with van der Waals surface area (Å²) in [7, 11) is 0. The maximum Gasteiger partial charge on any atom is 0.407 e. The Morgan fingerprint density at radius 1 is 1.40 bits per heavy atom. The first-order chi connectivity index (χ1) is 7.33. The van der Waals surface area contributed by atoms with Crippen LogP contribution >= 0.6 is 0 Å². The maximum atomic E-state index is 11.1. The number of hydrogen-bond acceptors (Lipinski definition) is 3. The molecule has 0 spiro atoms. The molecule has 0 aliphatic heterocycles. The lowest BCUT2D eigenvalue weighted by molar-refractivity contribution is 0.139. The van der Waals surface area contributed by atoms with Crippen LogP contribution in [0.3, 0.4) is 0 Å². The van der Waals surface area contributed by atoms with E-state index in [0.29, 0.717) is 13.0 Å². The molecule has 81 valence electrons. The largest absolute Gasteiger partial charge is 0.445 e. The zero-order valence-electron chi connectivity index (χ0n) is 8.35. The van der Waals surface area contributed by atoms with Crippen molar-refractivity contribution in [3.8, 4) is 0 Å². The van der Waals surface area contributed by atoms with E-state index in [0.717, 1.165) is 12.2 Å². The summed E-state index contributed by atoms with van der Waals surface area (Å²) in [6, 6.07) is 9.44. The average molecular weight is 208 g/mol. The Kier molecular flexibility index (Phi) is 5.25. The van der Waals surface area contributed by atoms with Crippen molar-refractivity contribution in [3.05, 3.63) is 42.5 Å². The number of aliphatic hydroxyl groups excluding tert-OH is 1. The molecule has 0 fully saturated rings. The van der Waals surface area contributed by atoms with Crippen molar-refractivity contribution in [2.24, 2.45) is 0 Å². The van der Waals surface area contributed by atoms with E-state index >= 15 is 0 Å². The Bertz CT molecular complexity index is 287. The fraction of sp³-hybridized carbons (Fsp3) is 0.273. The molecule has 2 N–H and O–H groups in total. The summed E-state index contributed by atoms with van der Waals surface area (Å²) in [5.41, 5.74) is 0.946. The molecular formula is C11H14NO3. The van der Waals surface area contributed by atoms with Crippen LogP contribution in [0.25, 0.3) is 0 Å². The fourth-order valence-corrected chi connectivity index (χ4v) is 1.01. The van der Waals surface area contributed by atoms with Gasteiger partial charge in [0.1, 0.15) is 6.61 Å². The van der Waals surface area contributed by atoms with Gasteiger partial charge in [0, 0.05) is 6.54 Å². The van der Waals surface area contributed by atoms with Crippen LogP contribution in [0.4, 0.5) is 4.79 Å². The van der Waals surface area contributed by atoms with Gasteiger partial charge in [-0.1, -0.05) is 30.3 Å². The van der Waals surface area contributed by atoms with Crippen molar-refractivity contribution in [2.75, 3.05) is 6.54 Å². The first-order valence-corrected chi connectivity index (χ1v) is 4.73. The minimum atomic E-state index is -0.472. The molecule has 0 aliphatic carbocycles. The third-order valence-electron chi connectivity index (χ3n) is 1.76. The first-order valence-electron chi connectivity index (χ1n) is 4.73. The minimum absolute atomic E-state index is 0.259. The molecular weight excluding hydrogens is 194 g/mol. The molecule has 0 bridgehead atoms. The van der Waals surface area contributed by atoms with Gasteiger partial charge in [-0.25, -0.2) is 4.79 Å². The van der Waals surface area contributed by atoms with E-state index in [1.165, 1.54) is 0 Å². The monoisotopic (exact) mass is 208 g/mol. The lowest BCUT2D eigenvalue weighted by Gasteiger charge is -2.05. The maximum absolute atomic E-state index is 11.1. The highest BCUT2D eigenvalue weighted by molar-refractivity contribution is 5.67. The summed E-state index contributed by atoms with van der Waals surface area (Å²) >= 11 is 0. The van der Waals surface area contributed by atoms with E-state index in [9.17, 15) is 4.79 Å². The van der Waals surface area contributed by atoms with E-state index in [1.54, 1.807) is 0 Å². The third-order valence-corrected chi connectivity index (χ3v) is 1.76. The molecule has 4 heteroatoms. The number of ether oxygens (including phenoxy) is 1. The van der Waals surface area contributed by atoms with Crippen molar-refractivity contribution < 1.29 is 14.6 Å². The van der Waals surface area contributed by atoms with Crippen molar-refractivity contribution in [3.63, 3.8) is 0 Å². The van der Waals surface area contributed by atoms with Crippen molar-refractivity contribution in [1.82, 2.24) is 5.32 Å². The normalized spacial score (nSPS) is 9.67. The fourth-order valence-electron chi connectivity index (χ4n) is 1.01. The molecule has 4 nitrogen and oxygen atoms in total. The van der Waals surface area contributed by atoms with Crippen LogP contribution in [-0.2, 0) is 11.3 Å². The lowest BCUT2D eigenvalue weighted by Crippen LogP contribution is -2.25. The van der Waals surface area contributed by atoms with Crippen LogP contribution < -0.4 is 5.32 Å². The molecule has 0 unspecified atom stereocenters. The van der Waals surface area contributed by atoms with E-state index in [1.807, 2.05) is 30.3 Å². The molecule has 0 aromatic heterocycles. The number of aliphatic hydroxyl groups is 1. The number of benzene rings is 1. The van der Waals surface area contributed by atoms with Gasteiger partial charge in [-0.15, -0.1) is 0 Å². The molecule has 0 atom stereocenters. The van der Waals surface area contributed by atoms with Crippen LogP contribution in [0.15, 0.2) is 30.3 Å². The summed E-state index contributed by atoms with van der Waals surface area (Å²) in [5.74, 6) is 0. The van der Waals surface area contributed by atoms with Crippen molar-refractivity contribution in [1.29, 1.82) is 0 Å². The van der Waals surface area contributed by atoms with Gasteiger partial charge in [0.2, 0.25) is 0 Å². The van der Waals surface area contributed by atoms with Gasteiger partial charge in [-0.3, -0.25) is 0 Å². The highest BCUT2D eigenvalue weighted by Crippen LogP contribution is 2.00. The molecule has 0 saturated heterocycles. The number of nitrogens with one attached hydrogen (secondary N) is 1. The van der Waals surface area contributed by atoms with Crippen LogP contribution in [0.2, 0.25) is 0 Å². The average Bonchev–Trinajstić information content (AvgIpc) is 2.28. The SMILES string of the molecule is O=C(NCC[CH]O)OCc1ccccc1. The Morgan fingerprint density at radius 2 is 2.13 bits per heavy atom. The Hall–Kier alpha value is -1.55. The minimum Gasteiger partial charge on any atom is -0.445 e. The second-order valence-corrected chi connectivity index (χ2v) is 2.96. The van der Waals surface area contributed by atoms with Crippen LogP contribution in [0.1, 0.15) is 12.0 Å². The molecule has 1 aromatic carbocycles. The van der Waals surface area contributed by atoms with Gasteiger partial charge in [-0.2, -0.15) is 0 Å². The van der Waals surface area contributed by atoms with E-state index in [4.69, 9.17) is 9.84 Å². The Labute approximate surface area is 88.9 Å². The predicted molar refractivity (Wildman–Crippen MR) is 55.5 cm³/mol. The standard InChI is InChI=1S/C11H14NO3/c13-8-4-7-12-11(14)15-9-10-5-2-1-3-6-10/h1-3,5-6,8,13H,4,7,9H2,(H,12,14). The summed E-state index contributed by atoms with van der Waals surface area (Å²) in [5, 5.41) is 10.9. The van der Waals surface area contributed by atoms with Gasteiger partial charge in [0.15, 0.2) is 0 Å². The van der Waals surface area contributed by atoms with E-state index in [2.05, 4.69) is 5.32 Å². The Morgan fingerprint density at radius 3 is 2.80 bits per heavy atom. The highest BCUT2D eigenvalue weighted by atomic mass is 16.5. The van der Waals surface area contributed by atoms with E-state index < -0.39 is 6.09 Å². The summed E-state index contributed by atoms with van der Waals surface area (Å²) in [4.78, 5) is 11.1. The predicted octanol–water partition coefficient (Wildman–Crippen LogP) is 1.84. The van der Waals surface area contributed by atoms with Gasteiger partial charge >= 0.3 is 6.09 Å². The number of alkyl carbamates (subject to hydrolysis) is 1. The zero-order chi connectivity index (χ0) is 10.9. The molecule has 1 rings (SSSR count). The van der Waals surface area contributed by atoms with Crippen LogP contribution in [-0.4, -0.2) is 17.7 Å². The number of hydrogen-bond donors (Lipinski definition) is 2.